The molecule has 0 bridgehead atoms. The lowest BCUT2D eigenvalue weighted by molar-refractivity contribution is 0.0605. The summed E-state index contributed by atoms with van der Waals surface area (Å²) in [5, 5.41) is 17.6. The molecule has 1 aromatic carbocycles. The van der Waals surface area contributed by atoms with Gasteiger partial charge in [-0.25, -0.2) is 5.01 Å². The molecule has 2 N–H and O–H groups in total. The van der Waals surface area contributed by atoms with E-state index in [1.165, 1.54) is 5.39 Å². The fraction of sp³-hybridized carbons (Fsp3) is 0.348. The number of nitrogens with one attached hydrogen (secondary N) is 1. The van der Waals surface area contributed by atoms with Crippen molar-refractivity contribution in [1.29, 1.82) is 0 Å². The molecule has 0 atom stereocenters. The second kappa shape index (κ2) is 8.07. The van der Waals surface area contributed by atoms with Crippen LogP contribution in [0, 0.1) is 0 Å². The van der Waals surface area contributed by atoms with Crippen LogP contribution < -0.4 is 0 Å². The van der Waals surface area contributed by atoms with Crippen LogP contribution in [0.4, 0.5) is 0 Å². The van der Waals surface area contributed by atoms with E-state index in [4.69, 9.17) is 9.84 Å². The first-order chi connectivity index (χ1) is 13.7. The van der Waals surface area contributed by atoms with E-state index >= 15 is 0 Å². The van der Waals surface area contributed by atoms with E-state index in [1.54, 1.807) is 0 Å². The van der Waals surface area contributed by atoms with E-state index in [9.17, 15) is 5.11 Å². The van der Waals surface area contributed by atoms with Gasteiger partial charge in [-0.1, -0.05) is 24.3 Å². The third-order valence-electron chi connectivity index (χ3n) is 5.42. The summed E-state index contributed by atoms with van der Waals surface area (Å²) in [6.07, 6.45) is 13.3. The molecule has 146 valence electrons. The van der Waals surface area contributed by atoms with Crippen molar-refractivity contribution in [3.05, 3.63) is 66.0 Å². The summed E-state index contributed by atoms with van der Waals surface area (Å²) >= 11 is 0. The lowest BCUT2D eigenvalue weighted by atomic mass is 9.95. The van der Waals surface area contributed by atoms with Gasteiger partial charge in [-0.2, -0.15) is 0 Å². The minimum atomic E-state index is -0.188. The van der Waals surface area contributed by atoms with Crippen LogP contribution >= 0.6 is 0 Å². The van der Waals surface area contributed by atoms with Crippen LogP contribution in [-0.4, -0.2) is 33.2 Å². The molecule has 2 aliphatic rings. The molecule has 1 fully saturated rings. The van der Waals surface area contributed by atoms with Gasteiger partial charge in [0.25, 0.3) is 0 Å². The topological polar surface area (TPSA) is 60.9 Å². The second-order valence-corrected chi connectivity index (χ2v) is 7.30. The number of nitrogens with zero attached hydrogens (tertiary/aromatic N) is 2. The summed E-state index contributed by atoms with van der Waals surface area (Å²) in [6.45, 7) is 4.04. The minimum Gasteiger partial charge on any atom is -0.473 e. The maximum atomic E-state index is 9.71. The van der Waals surface area contributed by atoms with Gasteiger partial charge in [0.05, 0.1) is 17.5 Å². The molecule has 1 aliphatic carbocycles. The normalized spacial score (nSPS) is 24.7. The zero-order valence-electron chi connectivity index (χ0n) is 16.4. The fourth-order valence-corrected chi connectivity index (χ4v) is 3.84. The fourth-order valence-electron chi connectivity index (χ4n) is 3.84. The molecule has 1 aliphatic heterocycles. The van der Waals surface area contributed by atoms with Crippen molar-refractivity contribution in [2.24, 2.45) is 5.10 Å². The van der Waals surface area contributed by atoms with Crippen LogP contribution in [0.5, 0.6) is 0 Å². The molecule has 5 nitrogen and oxygen atoms in total. The van der Waals surface area contributed by atoms with Gasteiger partial charge in [0.2, 0.25) is 5.90 Å². The first kappa shape index (κ1) is 18.6. The van der Waals surface area contributed by atoms with Crippen molar-refractivity contribution in [1.82, 2.24) is 9.99 Å². The number of rotatable bonds is 3. The van der Waals surface area contributed by atoms with Gasteiger partial charge < -0.3 is 14.8 Å². The Hall–Kier alpha value is -2.79. The largest absolute Gasteiger partial charge is 0.473 e. The van der Waals surface area contributed by atoms with Crippen molar-refractivity contribution in [3.63, 3.8) is 0 Å². The number of aromatic amines is 1. The molecule has 0 unspecified atom stereocenters. The van der Waals surface area contributed by atoms with E-state index < -0.39 is 0 Å². The first-order valence-electron chi connectivity index (χ1n) is 9.99. The van der Waals surface area contributed by atoms with Gasteiger partial charge in [-0.05, 0) is 63.1 Å². The summed E-state index contributed by atoms with van der Waals surface area (Å²) in [4.78, 5) is 3.28. The predicted molar refractivity (Wildman–Crippen MR) is 113 cm³/mol. The molecule has 28 heavy (non-hydrogen) atoms. The molecule has 0 saturated heterocycles. The average molecular weight is 377 g/mol. The number of H-pyrrole nitrogens is 1. The molecule has 1 aromatic heterocycles. The standard InChI is InChI=1S/C23H27N3O2/c1-3-18-7-12-23(28-20-10-8-19(27)9-11-20)25-26(18)22(4-2)17-6-5-16-13-14-24-21(16)15-17/h3-7,12-15,19-20,24,27H,8-11H2,1-2H3/b18-3?,22-4-. The number of aliphatic hydroxyl groups is 1. The van der Waals surface area contributed by atoms with E-state index in [1.807, 2.05) is 43.3 Å². The number of hydrogen-bond acceptors (Lipinski definition) is 4. The number of ether oxygens (including phenoxy) is 1. The maximum absolute atomic E-state index is 9.71. The monoisotopic (exact) mass is 377 g/mol. The lowest BCUT2D eigenvalue weighted by Gasteiger charge is -2.30. The van der Waals surface area contributed by atoms with Crippen molar-refractivity contribution >= 4 is 22.5 Å². The van der Waals surface area contributed by atoms with Gasteiger partial charge in [0.1, 0.15) is 6.10 Å². The summed E-state index contributed by atoms with van der Waals surface area (Å²) in [7, 11) is 0. The van der Waals surface area contributed by atoms with Crippen molar-refractivity contribution in [2.75, 3.05) is 0 Å². The van der Waals surface area contributed by atoms with Crippen molar-refractivity contribution < 1.29 is 9.84 Å². The van der Waals surface area contributed by atoms with Crippen LogP contribution in [-0.2, 0) is 4.74 Å². The van der Waals surface area contributed by atoms with Crippen LogP contribution in [0.2, 0.25) is 0 Å². The van der Waals surface area contributed by atoms with Gasteiger partial charge in [-0.15, -0.1) is 5.10 Å². The van der Waals surface area contributed by atoms with E-state index in [-0.39, 0.29) is 12.2 Å². The lowest BCUT2D eigenvalue weighted by Crippen LogP contribution is -2.28. The Morgan fingerprint density at radius 3 is 2.75 bits per heavy atom. The third kappa shape index (κ3) is 3.76. The molecular formula is C23H27N3O2. The van der Waals surface area contributed by atoms with Crippen LogP contribution in [0.3, 0.4) is 0 Å². The number of allylic oxidation sites excluding steroid dienone is 3. The molecule has 2 aromatic rings. The Balaban J connectivity index is 1.60. The zero-order valence-corrected chi connectivity index (χ0v) is 16.4. The maximum Gasteiger partial charge on any atom is 0.231 e. The first-order valence-corrected chi connectivity index (χ1v) is 9.99. The highest BCUT2D eigenvalue weighted by Gasteiger charge is 2.24. The molecule has 2 heterocycles. The van der Waals surface area contributed by atoms with Crippen LogP contribution in [0.25, 0.3) is 16.6 Å². The Kier molecular flexibility index (Phi) is 5.35. The van der Waals surface area contributed by atoms with Crippen molar-refractivity contribution in [2.45, 2.75) is 51.7 Å². The van der Waals surface area contributed by atoms with Gasteiger partial charge in [0.15, 0.2) is 0 Å². The third-order valence-corrected chi connectivity index (χ3v) is 5.42. The molecule has 5 heteroatoms. The zero-order chi connectivity index (χ0) is 19.5. The van der Waals surface area contributed by atoms with E-state index in [2.05, 4.69) is 35.3 Å². The summed E-state index contributed by atoms with van der Waals surface area (Å²) in [5.74, 6) is 0.618. The molecule has 0 radical (unpaired) electrons. The molecule has 1 saturated carbocycles. The number of aromatic nitrogens is 1. The molecular weight excluding hydrogens is 350 g/mol. The number of fused-ring (bicyclic) bond motifs is 1. The Bertz CT molecular complexity index is 959. The van der Waals surface area contributed by atoms with Gasteiger partial charge in [0, 0.05) is 23.4 Å². The number of hydrazone groups is 1. The summed E-state index contributed by atoms with van der Waals surface area (Å²) < 4.78 is 6.14. The number of aliphatic hydroxyl groups excluding tert-OH is 1. The number of hydrogen-bond donors (Lipinski definition) is 2. The highest BCUT2D eigenvalue weighted by atomic mass is 16.5. The van der Waals surface area contributed by atoms with Gasteiger partial charge in [-0.3, -0.25) is 0 Å². The van der Waals surface area contributed by atoms with Crippen LogP contribution in [0.1, 0.15) is 45.1 Å². The smallest absolute Gasteiger partial charge is 0.231 e. The average Bonchev–Trinajstić information content (AvgIpc) is 3.19. The highest BCUT2D eigenvalue weighted by molar-refractivity contribution is 5.90. The quantitative estimate of drug-likeness (QED) is 0.797. The second-order valence-electron chi connectivity index (χ2n) is 7.30. The number of benzene rings is 1. The van der Waals surface area contributed by atoms with Gasteiger partial charge >= 0.3 is 0 Å². The Morgan fingerprint density at radius 2 is 2.00 bits per heavy atom. The van der Waals surface area contributed by atoms with Crippen LogP contribution in [0.15, 0.2) is 65.6 Å². The molecule has 0 spiro atoms. The van der Waals surface area contributed by atoms with E-state index in [0.717, 1.165) is 48.2 Å². The predicted octanol–water partition coefficient (Wildman–Crippen LogP) is 4.94. The summed E-state index contributed by atoms with van der Waals surface area (Å²) in [5.41, 5.74) is 4.21. The molecule has 4 rings (SSSR count). The SMILES string of the molecule is CC=C1C=CC(OC2CCC(O)CC2)=NN1/C(=C\C)c1ccc2cc[nH]c2c1. The highest BCUT2D eigenvalue weighted by Crippen LogP contribution is 2.30. The minimum absolute atomic E-state index is 0.116. The van der Waals surface area contributed by atoms with Crippen molar-refractivity contribution in [3.8, 4) is 0 Å². The Labute approximate surface area is 165 Å². The van der Waals surface area contributed by atoms with E-state index in [0.29, 0.717) is 5.90 Å². The summed E-state index contributed by atoms with van der Waals surface area (Å²) in [6, 6.07) is 8.46. The molecule has 0 amide bonds. The Morgan fingerprint density at radius 1 is 1.18 bits per heavy atom.